The van der Waals surface area contributed by atoms with E-state index in [9.17, 15) is 17.6 Å². The Morgan fingerprint density at radius 1 is 1.00 bits per heavy atom. The number of nitrogens with one attached hydrogen (secondary N) is 2. The smallest absolute Gasteiger partial charge is 0.255 e. The molecule has 0 aliphatic carbocycles. The van der Waals surface area contributed by atoms with Crippen molar-refractivity contribution in [3.8, 4) is 5.69 Å². The largest absolute Gasteiger partial charge is 0.322 e. The number of nitrogens with zero attached hydrogens (tertiary/aromatic N) is 2. The van der Waals surface area contributed by atoms with Gasteiger partial charge in [-0.3, -0.25) is 14.1 Å². The van der Waals surface area contributed by atoms with Crippen LogP contribution in [0.2, 0.25) is 0 Å². The van der Waals surface area contributed by atoms with Crippen LogP contribution in [0.25, 0.3) is 16.7 Å². The normalized spacial score (nSPS) is 11.5. The number of carbonyl (C=O) groups is 1. The van der Waals surface area contributed by atoms with Crippen LogP contribution in [-0.4, -0.2) is 29.6 Å². The molecule has 0 atom stereocenters. The Morgan fingerprint density at radius 2 is 1.66 bits per heavy atom. The number of hydrogen-bond acceptors (Lipinski definition) is 4. The van der Waals surface area contributed by atoms with E-state index in [1.54, 1.807) is 61.5 Å². The average Bonchev–Trinajstić information content (AvgIpc) is 3.10. The fraction of sp³-hybridized carbons (Fsp3) is 0.130. The molecule has 0 saturated carbocycles. The van der Waals surface area contributed by atoms with Gasteiger partial charge in [0.1, 0.15) is 11.6 Å². The molecule has 0 radical (unpaired) electrons. The predicted molar refractivity (Wildman–Crippen MR) is 123 cm³/mol. The molecule has 32 heavy (non-hydrogen) atoms. The molecule has 0 unspecified atom stereocenters. The topological polar surface area (TPSA) is 93.1 Å². The van der Waals surface area contributed by atoms with Gasteiger partial charge in [0.15, 0.2) is 0 Å². The Morgan fingerprint density at radius 3 is 2.31 bits per heavy atom. The Kier molecular flexibility index (Phi) is 5.67. The zero-order valence-corrected chi connectivity index (χ0v) is 18.3. The van der Waals surface area contributed by atoms with E-state index >= 15 is 0 Å². The van der Waals surface area contributed by atoms with Gasteiger partial charge in [0.25, 0.3) is 5.91 Å². The first-order valence-corrected chi connectivity index (χ1v) is 11.6. The van der Waals surface area contributed by atoms with Crippen molar-refractivity contribution in [1.29, 1.82) is 0 Å². The highest BCUT2D eigenvalue weighted by molar-refractivity contribution is 7.92. The van der Waals surface area contributed by atoms with Gasteiger partial charge >= 0.3 is 0 Å². The average molecular weight is 453 g/mol. The van der Waals surface area contributed by atoms with E-state index in [4.69, 9.17) is 0 Å². The summed E-state index contributed by atoms with van der Waals surface area (Å²) in [4.78, 5) is 17.3. The molecular weight excluding hydrogens is 431 g/mol. The van der Waals surface area contributed by atoms with Gasteiger partial charge in [0.05, 0.1) is 16.8 Å². The van der Waals surface area contributed by atoms with Crippen molar-refractivity contribution in [3.63, 3.8) is 0 Å². The Bertz CT molecular complexity index is 1400. The van der Waals surface area contributed by atoms with Crippen molar-refractivity contribution in [2.24, 2.45) is 0 Å². The van der Waals surface area contributed by atoms with Crippen LogP contribution in [0.15, 0.2) is 66.7 Å². The molecule has 1 aromatic heterocycles. The van der Waals surface area contributed by atoms with Crippen molar-refractivity contribution >= 4 is 38.3 Å². The molecule has 0 aliphatic heterocycles. The molecular formula is C23H21FN4O3S. The minimum absolute atomic E-state index is 0.0258. The van der Waals surface area contributed by atoms with Crippen LogP contribution in [0.4, 0.5) is 15.8 Å². The van der Waals surface area contributed by atoms with Crippen LogP contribution in [-0.2, 0) is 10.0 Å². The Labute approximate surface area is 185 Å². The van der Waals surface area contributed by atoms with E-state index in [1.165, 1.54) is 12.1 Å². The number of imidazole rings is 1. The number of halogens is 1. The van der Waals surface area contributed by atoms with Crippen LogP contribution in [0, 0.1) is 12.7 Å². The van der Waals surface area contributed by atoms with E-state index in [0.717, 1.165) is 16.7 Å². The number of anilines is 2. The first kappa shape index (κ1) is 21.5. The number of fused-ring (bicyclic) bond motifs is 1. The van der Waals surface area contributed by atoms with Gasteiger partial charge in [-0.05, 0) is 80.6 Å². The van der Waals surface area contributed by atoms with Crippen LogP contribution in [0.1, 0.15) is 23.1 Å². The van der Waals surface area contributed by atoms with Gasteiger partial charge in [-0.15, -0.1) is 0 Å². The molecule has 4 aromatic rings. The second kappa shape index (κ2) is 8.43. The van der Waals surface area contributed by atoms with Gasteiger partial charge in [-0.2, -0.15) is 0 Å². The monoisotopic (exact) mass is 452 g/mol. The lowest BCUT2D eigenvalue weighted by atomic mass is 10.1. The standard InChI is InChI=1S/C23H21FN4O3S/c1-3-32(30,31)27-19-9-7-18(8-10-19)26-23(29)16-4-13-21-22(14-16)28(15(2)25-21)20-11-5-17(24)6-12-20/h4-14,27H,3H2,1-2H3,(H,26,29). The summed E-state index contributed by atoms with van der Waals surface area (Å²) >= 11 is 0. The van der Waals surface area contributed by atoms with E-state index in [2.05, 4.69) is 15.0 Å². The molecule has 3 aromatic carbocycles. The zero-order chi connectivity index (χ0) is 22.9. The SMILES string of the molecule is CCS(=O)(=O)Nc1ccc(NC(=O)c2ccc3nc(C)n(-c4ccc(F)cc4)c3c2)cc1. The van der Waals surface area contributed by atoms with Crippen molar-refractivity contribution < 1.29 is 17.6 Å². The highest BCUT2D eigenvalue weighted by atomic mass is 32.2. The summed E-state index contributed by atoms with van der Waals surface area (Å²) in [6, 6.07) is 17.7. The van der Waals surface area contributed by atoms with Gasteiger partial charge in [-0.25, -0.2) is 17.8 Å². The van der Waals surface area contributed by atoms with E-state index < -0.39 is 10.0 Å². The lowest BCUT2D eigenvalue weighted by Crippen LogP contribution is -2.15. The molecule has 1 heterocycles. The van der Waals surface area contributed by atoms with Gasteiger partial charge in [-0.1, -0.05) is 0 Å². The maximum absolute atomic E-state index is 13.3. The number of sulfonamides is 1. The highest BCUT2D eigenvalue weighted by Gasteiger charge is 2.14. The molecule has 0 aliphatic rings. The summed E-state index contributed by atoms with van der Waals surface area (Å²) in [6.45, 7) is 3.40. The Balaban J connectivity index is 1.59. The lowest BCUT2D eigenvalue weighted by Gasteiger charge is -2.10. The van der Waals surface area contributed by atoms with E-state index in [0.29, 0.717) is 22.8 Å². The first-order chi connectivity index (χ1) is 15.3. The van der Waals surface area contributed by atoms with E-state index in [1.807, 2.05) is 11.5 Å². The summed E-state index contributed by atoms with van der Waals surface area (Å²) in [5, 5.41) is 2.81. The van der Waals surface area contributed by atoms with Crippen LogP contribution >= 0.6 is 0 Å². The van der Waals surface area contributed by atoms with Crippen LogP contribution in [0.3, 0.4) is 0 Å². The molecule has 164 valence electrons. The number of hydrogen-bond donors (Lipinski definition) is 2. The van der Waals surface area contributed by atoms with Crippen molar-refractivity contribution in [2.45, 2.75) is 13.8 Å². The predicted octanol–water partition coefficient (Wildman–Crippen LogP) is 4.49. The molecule has 7 nitrogen and oxygen atoms in total. The third kappa shape index (κ3) is 4.47. The fourth-order valence-corrected chi connectivity index (χ4v) is 3.97. The molecule has 0 fully saturated rings. The second-order valence-electron chi connectivity index (χ2n) is 7.21. The van der Waals surface area contributed by atoms with Crippen molar-refractivity contribution in [3.05, 3.63) is 83.9 Å². The summed E-state index contributed by atoms with van der Waals surface area (Å²) in [5.41, 5.74) is 3.57. The summed E-state index contributed by atoms with van der Waals surface area (Å²) in [7, 11) is -3.37. The number of carbonyl (C=O) groups excluding carboxylic acids is 1. The minimum Gasteiger partial charge on any atom is -0.322 e. The fourth-order valence-electron chi connectivity index (χ4n) is 3.33. The van der Waals surface area contributed by atoms with E-state index in [-0.39, 0.29) is 17.5 Å². The number of amides is 1. The third-order valence-electron chi connectivity index (χ3n) is 4.97. The minimum atomic E-state index is -3.37. The summed E-state index contributed by atoms with van der Waals surface area (Å²) in [6.07, 6.45) is 0. The van der Waals surface area contributed by atoms with Crippen molar-refractivity contribution in [1.82, 2.24) is 9.55 Å². The summed E-state index contributed by atoms with van der Waals surface area (Å²) in [5.74, 6) is 0.0408. The second-order valence-corrected chi connectivity index (χ2v) is 9.22. The highest BCUT2D eigenvalue weighted by Crippen LogP contribution is 2.23. The molecule has 0 bridgehead atoms. The molecule has 9 heteroatoms. The first-order valence-electron chi connectivity index (χ1n) is 9.93. The van der Waals surface area contributed by atoms with Crippen LogP contribution < -0.4 is 10.0 Å². The molecule has 1 amide bonds. The van der Waals surface area contributed by atoms with Gasteiger partial charge in [0.2, 0.25) is 10.0 Å². The number of aromatic nitrogens is 2. The van der Waals surface area contributed by atoms with Crippen LogP contribution in [0.5, 0.6) is 0 Å². The quantitative estimate of drug-likeness (QED) is 0.451. The van der Waals surface area contributed by atoms with Crippen molar-refractivity contribution in [2.75, 3.05) is 15.8 Å². The number of aryl methyl sites for hydroxylation is 1. The molecule has 0 spiro atoms. The molecule has 0 saturated heterocycles. The maximum Gasteiger partial charge on any atom is 0.255 e. The van der Waals surface area contributed by atoms with Gasteiger partial charge in [0, 0.05) is 22.6 Å². The Hall–Kier alpha value is -3.72. The molecule has 4 rings (SSSR count). The number of rotatable bonds is 6. The number of benzene rings is 3. The maximum atomic E-state index is 13.3. The zero-order valence-electron chi connectivity index (χ0n) is 17.5. The van der Waals surface area contributed by atoms with Gasteiger partial charge < -0.3 is 5.32 Å². The summed E-state index contributed by atoms with van der Waals surface area (Å²) < 4.78 is 41.0. The lowest BCUT2D eigenvalue weighted by molar-refractivity contribution is 0.102. The molecule has 2 N–H and O–H groups in total. The third-order valence-corrected chi connectivity index (χ3v) is 6.27.